The number of primary sulfonamides is 1. The van der Waals surface area contributed by atoms with E-state index in [1.54, 1.807) is 0 Å². The number of nitrogens with two attached hydrogens (primary N) is 1. The molecule has 1 heterocycles. The van der Waals surface area contributed by atoms with Gasteiger partial charge in [0.25, 0.3) is 0 Å². The molecule has 0 spiro atoms. The third-order valence-electron chi connectivity index (χ3n) is 3.67. The zero-order chi connectivity index (χ0) is 16.7. The summed E-state index contributed by atoms with van der Waals surface area (Å²) in [5.74, 6) is 0.621. The summed E-state index contributed by atoms with van der Waals surface area (Å²) in [6, 6.07) is 10.3. The monoisotopic (exact) mass is 467 g/mol. The molecule has 0 bridgehead atoms. The summed E-state index contributed by atoms with van der Waals surface area (Å²) >= 11 is 0. The second kappa shape index (κ2) is 10.0. The fourth-order valence-corrected chi connectivity index (χ4v) is 2.87. The zero-order valence-corrected chi connectivity index (χ0v) is 17.0. The number of benzene rings is 1. The molecule has 1 saturated heterocycles. The van der Waals surface area contributed by atoms with Crippen molar-refractivity contribution in [1.29, 1.82) is 0 Å². The van der Waals surface area contributed by atoms with Gasteiger partial charge in [-0.05, 0) is 19.1 Å². The molecule has 0 amide bonds. The number of guanidine groups is 1. The van der Waals surface area contributed by atoms with Crippen LogP contribution in [0.25, 0.3) is 0 Å². The van der Waals surface area contributed by atoms with E-state index in [0.29, 0.717) is 0 Å². The molecule has 3 N–H and O–H groups in total. The van der Waals surface area contributed by atoms with Crippen LogP contribution < -0.4 is 15.4 Å². The van der Waals surface area contributed by atoms with Gasteiger partial charge in [-0.15, -0.1) is 24.0 Å². The molecule has 1 aliphatic heterocycles. The predicted molar refractivity (Wildman–Crippen MR) is 110 cm³/mol. The van der Waals surface area contributed by atoms with Crippen LogP contribution in [0.15, 0.2) is 35.3 Å². The van der Waals surface area contributed by atoms with Crippen LogP contribution in [0.5, 0.6) is 0 Å². The van der Waals surface area contributed by atoms with Crippen LogP contribution in [-0.2, 0) is 10.0 Å². The van der Waals surface area contributed by atoms with Crippen LogP contribution in [0.1, 0.15) is 6.92 Å². The van der Waals surface area contributed by atoms with Crippen LogP contribution in [0, 0.1) is 0 Å². The largest absolute Gasteiger partial charge is 0.368 e. The number of nitrogens with zero attached hydrogens (tertiary/aromatic N) is 3. The Bertz CT molecular complexity index is 616. The fourth-order valence-electron chi connectivity index (χ4n) is 2.52. The van der Waals surface area contributed by atoms with Crippen molar-refractivity contribution in [3.63, 3.8) is 0 Å². The number of rotatable bonds is 5. The maximum Gasteiger partial charge on any atom is 0.210 e. The predicted octanol–water partition coefficient (Wildman–Crippen LogP) is 0.681. The summed E-state index contributed by atoms with van der Waals surface area (Å²) in [6.07, 6.45) is 0. The number of hydrogen-bond donors (Lipinski definition) is 2. The highest BCUT2D eigenvalue weighted by Crippen LogP contribution is 2.15. The molecule has 0 aromatic heterocycles. The maximum atomic E-state index is 11.0. The number of piperazine rings is 1. The van der Waals surface area contributed by atoms with Crippen molar-refractivity contribution in [2.75, 3.05) is 49.9 Å². The first-order valence-corrected chi connectivity index (χ1v) is 9.55. The molecule has 1 aromatic rings. The molecule has 0 radical (unpaired) electrons. The SMILES string of the molecule is CCNC(=NCCS(N)(=O)=O)N1CCN(c2ccccc2)CC1.I. The van der Waals surface area contributed by atoms with E-state index in [1.807, 2.05) is 25.1 Å². The number of aliphatic imine (C=N–C) groups is 1. The number of halogens is 1. The van der Waals surface area contributed by atoms with Gasteiger partial charge in [0, 0.05) is 38.4 Å². The molecular formula is C15H26IN5O2S. The fraction of sp³-hybridized carbons (Fsp3) is 0.533. The third kappa shape index (κ3) is 6.81. The third-order valence-corrected chi connectivity index (χ3v) is 4.42. The molecular weight excluding hydrogens is 441 g/mol. The molecule has 7 nitrogen and oxygen atoms in total. The smallest absolute Gasteiger partial charge is 0.210 e. The van der Waals surface area contributed by atoms with E-state index >= 15 is 0 Å². The number of sulfonamides is 1. The second-order valence-corrected chi connectivity index (χ2v) is 7.15. The van der Waals surface area contributed by atoms with Gasteiger partial charge in [0.15, 0.2) is 5.96 Å². The summed E-state index contributed by atoms with van der Waals surface area (Å²) in [5, 5.41) is 8.23. The van der Waals surface area contributed by atoms with Crippen molar-refractivity contribution in [3.05, 3.63) is 30.3 Å². The van der Waals surface area contributed by atoms with Gasteiger partial charge in [-0.25, -0.2) is 13.6 Å². The Kier molecular flexibility index (Phi) is 8.78. The average molecular weight is 467 g/mol. The summed E-state index contributed by atoms with van der Waals surface area (Å²) in [6.45, 7) is 6.42. The van der Waals surface area contributed by atoms with E-state index in [-0.39, 0.29) is 36.3 Å². The first-order chi connectivity index (χ1) is 11.0. The quantitative estimate of drug-likeness (QED) is 0.378. The van der Waals surface area contributed by atoms with Crippen molar-refractivity contribution >= 4 is 45.6 Å². The Labute approximate surface area is 161 Å². The van der Waals surface area contributed by atoms with Crippen molar-refractivity contribution < 1.29 is 8.42 Å². The van der Waals surface area contributed by atoms with Crippen molar-refractivity contribution in [3.8, 4) is 0 Å². The second-order valence-electron chi connectivity index (χ2n) is 5.41. The van der Waals surface area contributed by atoms with Crippen LogP contribution in [0.3, 0.4) is 0 Å². The maximum absolute atomic E-state index is 11.0. The van der Waals surface area contributed by atoms with Gasteiger partial charge < -0.3 is 15.1 Å². The summed E-state index contributed by atoms with van der Waals surface area (Å²) in [7, 11) is -3.47. The van der Waals surface area contributed by atoms with E-state index in [1.165, 1.54) is 5.69 Å². The van der Waals surface area contributed by atoms with Crippen LogP contribution in [0.4, 0.5) is 5.69 Å². The lowest BCUT2D eigenvalue weighted by Crippen LogP contribution is -2.52. The van der Waals surface area contributed by atoms with Gasteiger partial charge >= 0.3 is 0 Å². The molecule has 2 rings (SSSR count). The van der Waals surface area contributed by atoms with Gasteiger partial charge in [-0.3, -0.25) is 4.99 Å². The lowest BCUT2D eigenvalue weighted by Gasteiger charge is -2.37. The lowest BCUT2D eigenvalue weighted by molar-refractivity contribution is 0.373. The number of nitrogens with one attached hydrogen (secondary N) is 1. The number of anilines is 1. The van der Waals surface area contributed by atoms with Crippen LogP contribution in [0.2, 0.25) is 0 Å². The van der Waals surface area contributed by atoms with E-state index in [2.05, 4.69) is 32.2 Å². The minimum absolute atomic E-state index is 0. The van der Waals surface area contributed by atoms with Crippen molar-refractivity contribution in [1.82, 2.24) is 10.2 Å². The molecule has 9 heteroatoms. The minimum Gasteiger partial charge on any atom is -0.368 e. The van der Waals surface area contributed by atoms with Crippen LogP contribution in [-0.4, -0.2) is 64.3 Å². The lowest BCUT2D eigenvalue weighted by atomic mass is 10.2. The highest BCUT2D eigenvalue weighted by Gasteiger charge is 2.19. The molecule has 0 atom stereocenters. The Morgan fingerprint density at radius 3 is 2.38 bits per heavy atom. The van der Waals surface area contributed by atoms with Gasteiger partial charge in [0.05, 0.1) is 12.3 Å². The minimum atomic E-state index is -3.47. The Morgan fingerprint density at radius 2 is 1.83 bits per heavy atom. The number of hydrogen-bond acceptors (Lipinski definition) is 4. The number of para-hydroxylation sites is 1. The normalized spacial score (nSPS) is 15.8. The molecule has 1 aromatic carbocycles. The molecule has 0 aliphatic carbocycles. The van der Waals surface area contributed by atoms with E-state index in [9.17, 15) is 8.42 Å². The molecule has 24 heavy (non-hydrogen) atoms. The van der Waals surface area contributed by atoms with Gasteiger partial charge in [-0.2, -0.15) is 0 Å². The molecule has 136 valence electrons. The first kappa shape index (κ1) is 21.0. The summed E-state index contributed by atoms with van der Waals surface area (Å²) in [4.78, 5) is 8.87. The average Bonchev–Trinajstić information content (AvgIpc) is 2.54. The molecule has 1 fully saturated rings. The van der Waals surface area contributed by atoms with Gasteiger partial charge in [0.2, 0.25) is 10.0 Å². The van der Waals surface area contributed by atoms with Gasteiger partial charge in [-0.1, -0.05) is 18.2 Å². The standard InChI is InChI=1S/C15H25N5O2S.HI/c1-2-17-15(18-8-13-23(16,21)22)20-11-9-19(10-12-20)14-6-4-3-5-7-14;/h3-7H,2,8-13H2,1H3,(H,17,18)(H2,16,21,22);1H. The highest BCUT2D eigenvalue weighted by atomic mass is 127. The molecule has 0 unspecified atom stereocenters. The Hall–Kier alpha value is -1.07. The summed E-state index contributed by atoms with van der Waals surface area (Å²) < 4.78 is 22.0. The van der Waals surface area contributed by atoms with E-state index < -0.39 is 10.0 Å². The molecule has 1 aliphatic rings. The molecule has 0 saturated carbocycles. The topological polar surface area (TPSA) is 91.0 Å². The van der Waals surface area contributed by atoms with E-state index in [0.717, 1.165) is 38.7 Å². The summed E-state index contributed by atoms with van der Waals surface area (Å²) in [5.41, 5.74) is 1.23. The van der Waals surface area contributed by atoms with Crippen molar-refractivity contribution in [2.24, 2.45) is 10.1 Å². The zero-order valence-electron chi connectivity index (χ0n) is 13.9. The van der Waals surface area contributed by atoms with Crippen LogP contribution >= 0.6 is 24.0 Å². The first-order valence-electron chi connectivity index (χ1n) is 7.83. The Balaban J connectivity index is 0.00000288. The highest BCUT2D eigenvalue weighted by molar-refractivity contribution is 14.0. The van der Waals surface area contributed by atoms with Gasteiger partial charge in [0.1, 0.15) is 0 Å². The van der Waals surface area contributed by atoms with E-state index in [4.69, 9.17) is 5.14 Å². The Morgan fingerprint density at radius 1 is 1.21 bits per heavy atom. The van der Waals surface area contributed by atoms with Crippen molar-refractivity contribution in [2.45, 2.75) is 6.92 Å².